The molecule has 0 amide bonds. The molecule has 1 saturated heterocycles. The van der Waals surface area contributed by atoms with Crippen molar-refractivity contribution in [3.05, 3.63) is 74.8 Å². The lowest BCUT2D eigenvalue weighted by Gasteiger charge is -2.36. The molecular formula is C28H29NO6S. The Balaban J connectivity index is 1.49. The van der Waals surface area contributed by atoms with Crippen LogP contribution in [0.15, 0.2) is 64.3 Å². The number of nitrogens with one attached hydrogen (secondary N) is 1. The van der Waals surface area contributed by atoms with Gasteiger partial charge in [0, 0.05) is 53.6 Å². The van der Waals surface area contributed by atoms with E-state index in [0.29, 0.717) is 42.0 Å². The van der Waals surface area contributed by atoms with E-state index in [1.54, 1.807) is 35.6 Å². The van der Waals surface area contributed by atoms with Gasteiger partial charge in [-0.2, -0.15) is 0 Å². The van der Waals surface area contributed by atoms with Gasteiger partial charge in [0.2, 0.25) is 0 Å². The van der Waals surface area contributed by atoms with E-state index in [0.717, 1.165) is 24.1 Å². The molecule has 2 aromatic rings. The Morgan fingerprint density at radius 1 is 1.17 bits per heavy atom. The van der Waals surface area contributed by atoms with Crippen molar-refractivity contribution < 1.29 is 28.6 Å². The predicted octanol–water partition coefficient (Wildman–Crippen LogP) is 4.76. The smallest absolute Gasteiger partial charge is 0.336 e. The quantitative estimate of drug-likeness (QED) is 0.445. The molecule has 8 heteroatoms. The molecule has 5 rings (SSSR count). The van der Waals surface area contributed by atoms with Crippen LogP contribution in [0.4, 0.5) is 0 Å². The van der Waals surface area contributed by atoms with Crippen LogP contribution in [0, 0.1) is 0 Å². The maximum atomic E-state index is 13.6. The third kappa shape index (κ3) is 5.01. The zero-order chi connectivity index (χ0) is 25.2. The normalized spacial score (nSPS) is 23.8. The third-order valence-corrected chi connectivity index (χ3v) is 7.93. The van der Waals surface area contributed by atoms with E-state index in [1.165, 1.54) is 11.8 Å². The number of dihydropyridines is 1. The molecule has 0 saturated carbocycles. The van der Waals surface area contributed by atoms with E-state index in [-0.39, 0.29) is 24.4 Å². The molecule has 0 radical (unpaired) electrons. The van der Waals surface area contributed by atoms with Crippen molar-refractivity contribution in [3.63, 3.8) is 0 Å². The molecule has 3 atom stereocenters. The summed E-state index contributed by atoms with van der Waals surface area (Å²) < 4.78 is 16.5. The third-order valence-electron chi connectivity index (χ3n) is 6.89. The predicted molar refractivity (Wildman–Crippen MR) is 135 cm³/mol. The average Bonchev–Trinajstić information content (AvgIpc) is 3.56. The van der Waals surface area contributed by atoms with E-state index in [2.05, 4.69) is 11.4 Å². The second-order valence-electron chi connectivity index (χ2n) is 9.43. The zero-order valence-corrected chi connectivity index (χ0v) is 21.2. The highest BCUT2D eigenvalue weighted by atomic mass is 32.1. The second kappa shape index (κ2) is 10.4. The van der Waals surface area contributed by atoms with E-state index in [4.69, 9.17) is 14.2 Å². The van der Waals surface area contributed by atoms with Crippen LogP contribution in [0.3, 0.4) is 0 Å². The Hall–Kier alpha value is -3.23. The van der Waals surface area contributed by atoms with E-state index < -0.39 is 17.9 Å². The summed E-state index contributed by atoms with van der Waals surface area (Å²) in [6.07, 6.45) is 2.81. The first-order valence-electron chi connectivity index (χ1n) is 12.2. The van der Waals surface area contributed by atoms with Crippen molar-refractivity contribution in [1.29, 1.82) is 0 Å². The maximum Gasteiger partial charge on any atom is 0.336 e. The molecule has 1 aromatic heterocycles. The first-order chi connectivity index (χ1) is 17.4. The number of thiophene rings is 1. The summed E-state index contributed by atoms with van der Waals surface area (Å²) in [6.45, 7) is 4.07. The van der Waals surface area contributed by atoms with Gasteiger partial charge < -0.3 is 19.5 Å². The fourth-order valence-electron chi connectivity index (χ4n) is 5.28. The molecule has 0 spiro atoms. The average molecular weight is 508 g/mol. The number of Topliss-reactive ketones (excluding diaryl/α,β-unsaturated/α-hetero) is 1. The van der Waals surface area contributed by atoms with Gasteiger partial charge in [-0.05, 0) is 55.3 Å². The molecule has 0 bridgehead atoms. The number of allylic oxidation sites excluding steroid dienone is 3. The zero-order valence-electron chi connectivity index (χ0n) is 20.4. The summed E-state index contributed by atoms with van der Waals surface area (Å²) in [5.74, 6) is -0.897. The molecule has 2 aliphatic heterocycles. The molecule has 1 fully saturated rings. The summed E-state index contributed by atoms with van der Waals surface area (Å²) in [7, 11) is 0. The van der Waals surface area contributed by atoms with Gasteiger partial charge in [-0.1, -0.05) is 18.2 Å². The molecule has 3 heterocycles. The summed E-state index contributed by atoms with van der Waals surface area (Å²) >= 11 is 1.66. The number of benzene rings is 1. The van der Waals surface area contributed by atoms with Crippen molar-refractivity contribution in [1.82, 2.24) is 5.32 Å². The summed E-state index contributed by atoms with van der Waals surface area (Å²) in [5.41, 5.74) is 3.34. The molecule has 36 heavy (non-hydrogen) atoms. The van der Waals surface area contributed by atoms with Crippen molar-refractivity contribution in [3.8, 4) is 5.75 Å². The summed E-state index contributed by atoms with van der Waals surface area (Å²) in [6, 6.07) is 11.1. The van der Waals surface area contributed by atoms with Gasteiger partial charge in [-0.15, -0.1) is 11.3 Å². The number of ether oxygens (including phenoxy) is 3. The SMILES string of the molecule is CC(=O)Oc1ccc([C@@H]2C(C(=O)OC[C@H]3CCCO3)=C(C)NC3=C2C(=O)C[C@H](c2cccs2)C3)cc1. The Morgan fingerprint density at radius 2 is 1.97 bits per heavy atom. The fraction of sp³-hybridized carbons (Fsp3) is 0.393. The van der Waals surface area contributed by atoms with Gasteiger partial charge in [0.25, 0.3) is 0 Å². The molecule has 7 nitrogen and oxygen atoms in total. The Bertz CT molecular complexity index is 1220. The highest BCUT2D eigenvalue weighted by molar-refractivity contribution is 7.10. The van der Waals surface area contributed by atoms with Crippen LogP contribution in [0.2, 0.25) is 0 Å². The van der Waals surface area contributed by atoms with Crippen molar-refractivity contribution in [2.45, 2.75) is 57.5 Å². The van der Waals surface area contributed by atoms with Crippen LogP contribution in [0.5, 0.6) is 5.75 Å². The van der Waals surface area contributed by atoms with Gasteiger partial charge in [-0.25, -0.2) is 4.79 Å². The van der Waals surface area contributed by atoms with Gasteiger partial charge >= 0.3 is 11.9 Å². The molecule has 0 unspecified atom stereocenters. The van der Waals surface area contributed by atoms with Gasteiger partial charge in [0.05, 0.1) is 11.7 Å². The van der Waals surface area contributed by atoms with E-state index >= 15 is 0 Å². The van der Waals surface area contributed by atoms with Crippen LogP contribution < -0.4 is 10.1 Å². The minimum atomic E-state index is -0.568. The maximum absolute atomic E-state index is 13.6. The van der Waals surface area contributed by atoms with Crippen molar-refractivity contribution in [2.24, 2.45) is 0 Å². The second-order valence-corrected chi connectivity index (χ2v) is 10.4. The molecule has 1 aromatic carbocycles. The monoisotopic (exact) mass is 507 g/mol. The van der Waals surface area contributed by atoms with E-state index in [9.17, 15) is 14.4 Å². The fourth-order valence-corrected chi connectivity index (χ4v) is 6.11. The van der Waals surface area contributed by atoms with Gasteiger partial charge in [0.15, 0.2) is 5.78 Å². The Morgan fingerprint density at radius 3 is 2.64 bits per heavy atom. The number of ketones is 1. The van der Waals surface area contributed by atoms with Crippen LogP contribution >= 0.6 is 11.3 Å². The minimum absolute atomic E-state index is 0.0214. The number of hydrogen-bond donors (Lipinski definition) is 1. The lowest BCUT2D eigenvalue weighted by molar-refractivity contribution is -0.142. The molecule has 1 aliphatic carbocycles. The number of esters is 2. The van der Waals surface area contributed by atoms with Crippen LogP contribution in [0.1, 0.15) is 61.8 Å². The Labute approximate surface area is 214 Å². The van der Waals surface area contributed by atoms with Crippen molar-refractivity contribution in [2.75, 3.05) is 13.2 Å². The number of rotatable bonds is 6. The first-order valence-corrected chi connectivity index (χ1v) is 13.1. The first kappa shape index (κ1) is 24.5. The lowest BCUT2D eigenvalue weighted by atomic mass is 9.72. The van der Waals surface area contributed by atoms with Crippen LogP contribution in [0.25, 0.3) is 0 Å². The number of hydrogen-bond acceptors (Lipinski definition) is 8. The van der Waals surface area contributed by atoms with Gasteiger partial charge in [-0.3, -0.25) is 9.59 Å². The standard InChI is InChI=1S/C28H29NO6S/c1-16-25(28(32)34-15-21-5-3-11-33-21)26(18-7-9-20(10-8-18)35-17(2)30)27-22(29-16)13-19(14-23(27)31)24-6-4-12-36-24/h4,6-10,12,19,21,26,29H,3,5,11,13-15H2,1-2H3/t19-,21-,26-/m1/s1. The van der Waals surface area contributed by atoms with Crippen LogP contribution in [-0.4, -0.2) is 37.0 Å². The highest BCUT2D eigenvalue weighted by Crippen LogP contribution is 2.46. The molecular weight excluding hydrogens is 478 g/mol. The molecule has 3 aliphatic rings. The molecule has 188 valence electrons. The summed E-state index contributed by atoms with van der Waals surface area (Å²) in [5, 5.41) is 5.41. The Kier molecular flexibility index (Phi) is 7.07. The largest absolute Gasteiger partial charge is 0.459 e. The van der Waals surface area contributed by atoms with Crippen molar-refractivity contribution >= 4 is 29.1 Å². The minimum Gasteiger partial charge on any atom is -0.459 e. The van der Waals surface area contributed by atoms with Crippen LogP contribution in [-0.2, 0) is 23.9 Å². The number of carbonyl (C=O) groups is 3. The topological polar surface area (TPSA) is 90.9 Å². The van der Waals surface area contributed by atoms with Gasteiger partial charge in [0.1, 0.15) is 12.4 Å². The highest BCUT2D eigenvalue weighted by Gasteiger charge is 2.41. The number of carbonyl (C=O) groups excluding carboxylic acids is 3. The molecule has 1 N–H and O–H groups in total. The lowest BCUT2D eigenvalue weighted by Crippen LogP contribution is -2.36. The van der Waals surface area contributed by atoms with E-state index in [1.807, 2.05) is 18.4 Å². The summed E-state index contributed by atoms with van der Waals surface area (Å²) in [4.78, 5) is 39.6.